The molecule has 7 heteroatoms. The van der Waals surface area contributed by atoms with Crippen LogP contribution in [0, 0.1) is 0 Å². The number of hydrogen-bond acceptors (Lipinski definition) is 5. The highest BCUT2D eigenvalue weighted by Gasteiger charge is 2.11. The van der Waals surface area contributed by atoms with Crippen molar-refractivity contribution in [2.24, 2.45) is 11.5 Å². The Morgan fingerprint density at radius 1 is 1.35 bits per heavy atom. The van der Waals surface area contributed by atoms with E-state index >= 15 is 0 Å². The van der Waals surface area contributed by atoms with Crippen LogP contribution in [0.2, 0.25) is 0 Å². The first-order chi connectivity index (χ1) is 7.91. The molecule has 92 valence electrons. The molecule has 0 heterocycles. The number of aliphatic hydroxyl groups excluding tert-OH is 1. The molecule has 0 aliphatic heterocycles. The van der Waals surface area contributed by atoms with Gasteiger partial charge in [0.15, 0.2) is 0 Å². The third kappa shape index (κ3) is 3.35. The van der Waals surface area contributed by atoms with Crippen LogP contribution >= 0.6 is 0 Å². The topological polar surface area (TPSA) is 144 Å². The van der Waals surface area contributed by atoms with Crippen molar-refractivity contribution in [2.45, 2.75) is 6.10 Å². The molecular formula is C10H14N4O3. The molecule has 1 aromatic carbocycles. The predicted octanol–water partition coefficient (Wildman–Crippen LogP) is -1.37. The van der Waals surface area contributed by atoms with Crippen LogP contribution < -0.4 is 22.5 Å². The second kappa shape index (κ2) is 5.17. The van der Waals surface area contributed by atoms with Gasteiger partial charge in [-0.25, -0.2) is 0 Å². The van der Waals surface area contributed by atoms with Crippen LogP contribution in [0.15, 0.2) is 18.2 Å². The molecule has 0 spiro atoms. The summed E-state index contributed by atoms with van der Waals surface area (Å²) in [5.41, 5.74) is 16.7. The summed E-state index contributed by atoms with van der Waals surface area (Å²) >= 11 is 0. The number of carbonyl (C=O) groups is 2. The maximum absolute atomic E-state index is 10.9. The van der Waals surface area contributed by atoms with Gasteiger partial charge in [0.05, 0.1) is 11.4 Å². The Morgan fingerprint density at radius 3 is 2.47 bits per heavy atom. The summed E-state index contributed by atoms with van der Waals surface area (Å²) < 4.78 is 0. The third-order valence-electron chi connectivity index (χ3n) is 2.15. The molecule has 0 fully saturated rings. The molecule has 0 saturated heterocycles. The molecule has 1 rings (SSSR count). The van der Waals surface area contributed by atoms with Gasteiger partial charge in [0.2, 0.25) is 11.8 Å². The highest BCUT2D eigenvalue weighted by molar-refractivity contribution is 5.94. The quantitative estimate of drug-likeness (QED) is 0.402. The monoisotopic (exact) mass is 238 g/mol. The van der Waals surface area contributed by atoms with Crippen LogP contribution in [0.3, 0.4) is 0 Å². The van der Waals surface area contributed by atoms with E-state index in [2.05, 4.69) is 5.32 Å². The second-order valence-corrected chi connectivity index (χ2v) is 3.47. The minimum absolute atomic E-state index is 0.0601. The Balaban J connectivity index is 2.73. The molecule has 2 amide bonds. The maximum Gasteiger partial charge on any atom is 0.248 e. The molecule has 0 aliphatic rings. The Morgan fingerprint density at radius 2 is 2.00 bits per heavy atom. The molecule has 0 aliphatic carbocycles. The molecule has 0 radical (unpaired) electrons. The van der Waals surface area contributed by atoms with Gasteiger partial charge in [-0.15, -0.1) is 0 Å². The van der Waals surface area contributed by atoms with Crippen LogP contribution in [0.1, 0.15) is 10.4 Å². The number of hydrogen-bond donors (Lipinski definition) is 5. The standard InChI is InChI=1S/C10H14N4O3/c11-6-3-5(9(12)16)1-2-7(6)14-4-8(15)10(13)17/h1-3,8,14-15H,4,11H2,(H2,12,16)(H2,13,17). The number of nitrogens with two attached hydrogens (primary N) is 3. The van der Waals surface area contributed by atoms with Gasteiger partial charge in [-0.1, -0.05) is 0 Å². The summed E-state index contributed by atoms with van der Waals surface area (Å²) in [4.78, 5) is 21.5. The summed E-state index contributed by atoms with van der Waals surface area (Å²) in [7, 11) is 0. The van der Waals surface area contributed by atoms with Gasteiger partial charge in [-0.3, -0.25) is 9.59 Å². The van der Waals surface area contributed by atoms with E-state index in [1.54, 1.807) is 0 Å². The second-order valence-electron chi connectivity index (χ2n) is 3.47. The van der Waals surface area contributed by atoms with Crippen molar-refractivity contribution in [1.82, 2.24) is 0 Å². The lowest BCUT2D eigenvalue weighted by atomic mass is 10.1. The minimum atomic E-state index is -1.30. The third-order valence-corrected chi connectivity index (χ3v) is 2.15. The average molecular weight is 238 g/mol. The van der Waals surface area contributed by atoms with Gasteiger partial charge in [0.1, 0.15) is 6.10 Å². The first-order valence-electron chi connectivity index (χ1n) is 4.82. The zero-order chi connectivity index (χ0) is 13.0. The van der Waals surface area contributed by atoms with Crippen molar-refractivity contribution in [1.29, 1.82) is 0 Å². The van der Waals surface area contributed by atoms with Crippen LogP contribution in [-0.4, -0.2) is 29.6 Å². The molecule has 7 nitrogen and oxygen atoms in total. The molecular weight excluding hydrogens is 224 g/mol. The fourth-order valence-corrected chi connectivity index (χ4v) is 1.18. The number of aliphatic hydroxyl groups is 1. The largest absolute Gasteiger partial charge is 0.397 e. The number of rotatable bonds is 5. The van der Waals surface area contributed by atoms with Gasteiger partial charge >= 0.3 is 0 Å². The fraction of sp³-hybridized carbons (Fsp3) is 0.200. The number of carbonyl (C=O) groups excluding carboxylic acids is 2. The van der Waals surface area contributed by atoms with Crippen molar-refractivity contribution in [2.75, 3.05) is 17.6 Å². The number of amides is 2. The van der Waals surface area contributed by atoms with Gasteiger partial charge in [0, 0.05) is 12.1 Å². The van der Waals surface area contributed by atoms with Gasteiger partial charge in [0.25, 0.3) is 0 Å². The van der Waals surface area contributed by atoms with Crippen molar-refractivity contribution >= 4 is 23.2 Å². The first kappa shape index (κ1) is 12.8. The SMILES string of the molecule is NC(=O)c1ccc(NCC(O)C(N)=O)c(N)c1. The predicted molar refractivity (Wildman–Crippen MR) is 63.1 cm³/mol. The summed E-state index contributed by atoms with van der Waals surface area (Å²) in [5, 5.41) is 11.9. The lowest BCUT2D eigenvalue weighted by Gasteiger charge is -2.12. The van der Waals surface area contributed by atoms with Gasteiger partial charge in [-0.05, 0) is 18.2 Å². The molecule has 0 bridgehead atoms. The van der Waals surface area contributed by atoms with Crippen LogP contribution in [0.25, 0.3) is 0 Å². The van der Waals surface area contributed by atoms with Gasteiger partial charge < -0.3 is 27.6 Å². The fourth-order valence-electron chi connectivity index (χ4n) is 1.18. The molecule has 1 aromatic rings. The summed E-state index contributed by atoms with van der Waals surface area (Å²) in [6, 6.07) is 4.42. The average Bonchev–Trinajstić information content (AvgIpc) is 2.26. The van der Waals surface area contributed by atoms with Crippen molar-refractivity contribution < 1.29 is 14.7 Å². The Bertz CT molecular complexity index is 447. The first-order valence-corrected chi connectivity index (χ1v) is 4.82. The van der Waals surface area contributed by atoms with Gasteiger partial charge in [-0.2, -0.15) is 0 Å². The van der Waals surface area contributed by atoms with E-state index < -0.39 is 17.9 Å². The highest BCUT2D eigenvalue weighted by atomic mass is 16.3. The Hall–Kier alpha value is -2.28. The number of anilines is 2. The lowest BCUT2D eigenvalue weighted by molar-refractivity contribution is -0.125. The van der Waals surface area contributed by atoms with Crippen molar-refractivity contribution in [3.63, 3.8) is 0 Å². The summed E-state index contributed by atoms with van der Waals surface area (Å²) in [6.45, 7) is -0.0601. The lowest BCUT2D eigenvalue weighted by Crippen LogP contribution is -2.34. The van der Waals surface area contributed by atoms with Crippen LogP contribution in [0.5, 0.6) is 0 Å². The van der Waals surface area contributed by atoms with Crippen molar-refractivity contribution in [3.8, 4) is 0 Å². The zero-order valence-electron chi connectivity index (χ0n) is 9.01. The van der Waals surface area contributed by atoms with Crippen LogP contribution in [0.4, 0.5) is 11.4 Å². The summed E-state index contributed by atoms with van der Waals surface area (Å²) in [6.07, 6.45) is -1.30. The number of primary amides is 2. The normalized spacial score (nSPS) is 11.8. The highest BCUT2D eigenvalue weighted by Crippen LogP contribution is 2.19. The molecule has 0 saturated carbocycles. The molecule has 1 atom stereocenters. The minimum Gasteiger partial charge on any atom is -0.397 e. The number of nitrogen functional groups attached to an aromatic ring is 1. The van der Waals surface area contributed by atoms with Crippen LogP contribution in [-0.2, 0) is 4.79 Å². The van der Waals surface area contributed by atoms with E-state index in [9.17, 15) is 9.59 Å². The zero-order valence-corrected chi connectivity index (χ0v) is 9.01. The maximum atomic E-state index is 10.9. The van der Waals surface area contributed by atoms with E-state index in [0.717, 1.165) is 0 Å². The molecule has 8 N–H and O–H groups in total. The Labute approximate surface area is 97.6 Å². The molecule has 1 unspecified atom stereocenters. The van der Waals surface area contributed by atoms with E-state index in [4.69, 9.17) is 22.3 Å². The smallest absolute Gasteiger partial charge is 0.248 e. The molecule has 0 aromatic heterocycles. The van der Waals surface area contributed by atoms with E-state index in [1.165, 1.54) is 18.2 Å². The van der Waals surface area contributed by atoms with E-state index in [1.807, 2.05) is 0 Å². The van der Waals surface area contributed by atoms with E-state index in [-0.39, 0.29) is 17.8 Å². The number of nitrogens with one attached hydrogen (secondary N) is 1. The van der Waals surface area contributed by atoms with E-state index in [0.29, 0.717) is 5.69 Å². The number of benzene rings is 1. The molecule has 17 heavy (non-hydrogen) atoms. The Kier molecular flexibility index (Phi) is 3.89. The van der Waals surface area contributed by atoms with Crippen molar-refractivity contribution in [3.05, 3.63) is 23.8 Å². The summed E-state index contributed by atoms with van der Waals surface area (Å²) in [5.74, 6) is -1.41.